The Morgan fingerprint density at radius 1 is 1.53 bits per heavy atom. The summed E-state index contributed by atoms with van der Waals surface area (Å²) < 4.78 is 29.3. The summed E-state index contributed by atoms with van der Waals surface area (Å²) in [5.41, 5.74) is 0. The fourth-order valence-electron chi connectivity index (χ4n) is 0.809. The maximum Gasteiger partial charge on any atom is 0.421 e. The van der Waals surface area contributed by atoms with E-state index in [0.717, 1.165) is 0 Å². The number of carbonyl (C=O) groups is 2. The van der Waals surface area contributed by atoms with Crippen molar-refractivity contribution in [3.63, 3.8) is 0 Å². The molecule has 0 saturated heterocycles. The van der Waals surface area contributed by atoms with Crippen molar-refractivity contribution in [2.24, 2.45) is 0 Å². The van der Waals surface area contributed by atoms with Gasteiger partial charge in [0.05, 0.1) is 13.2 Å². The number of terminal acetylenes is 1. The van der Waals surface area contributed by atoms with Crippen LogP contribution in [0.2, 0.25) is 0 Å². The predicted molar refractivity (Wildman–Crippen MR) is 57.1 cm³/mol. The van der Waals surface area contributed by atoms with Crippen molar-refractivity contribution in [1.29, 1.82) is 0 Å². The molecular formula is C8H12N2O6S. The van der Waals surface area contributed by atoms with Crippen molar-refractivity contribution in [3.05, 3.63) is 0 Å². The number of ether oxygens (including phenoxy) is 1. The highest BCUT2D eigenvalue weighted by Crippen LogP contribution is 1.97. The average molecular weight is 264 g/mol. The third kappa shape index (κ3) is 5.74. The molecule has 0 aliphatic heterocycles. The molecule has 0 atom stereocenters. The number of amides is 1. The van der Waals surface area contributed by atoms with Gasteiger partial charge in [-0.1, -0.05) is 5.92 Å². The van der Waals surface area contributed by atoms with E-state index in [1.807, 2.05) is 5.92 Å². The van der Waals surface area contributed by atoms with Gasteiger partial charge in [-0.2, -0.15) is 12.7 Å². The van der Waals surface area contributed by atoms with Crippen molar-refractivity contribution < 1.29 is 27.9 Å². The summed E-state index contributed by atoms with van der Waals surface area (Å²) in [5.74, 6) is 0.582. The van der Waals surface area contributed by atoms with E-state index in [9.17, 15) is 18.0 Å². The molecule has 0 aromatic rings. The van der Waals surface area contributed by atoms with E-state index in [4.69, 9.17) is 11.5 Å². The number of nitrogens with one attached hydrogen (secondary N) is 1. The highest BCUT2D eigenvalue weighted by Gasteiger charge is 2.26. The van der Waals surface area contributed by atoms with Crippen LogP contribution in [0.4, 0.5) is 4.79 Å². The largest absolute Gasteiger partial charge is 0.480 e. The van der Waals surface area contributed by atoms with Gasteiger partial charge in [0.15, 0.2) is 0 Å². The molecule has 0 saturated carbocycles. The van der Waals surface area contributed by atoms with Crippen molar-refractivity contribution >= 4 is 22.3 Å². The van der Waals surface area contributed by atoms with E-state index in [2.05, 4.69) is 4.74 Å². The molecule has 17 heavy (non-hydrogen) atoms. The van der Waals surface area contributed by atoms with E-state index in [-0.39, 0.29) is 6.61 Å². The van der Waals surface area contributed by atoms with Gasteiger partial charge in [-0.3, -0.25) is 4.79 Å². The maximum absolute atomic E-state index is 11.5. The summed E-state index contributed by atoms with van der Waals surface area (Å²) in [7, 11) is -4.32. The van der Waals surface area contributed by atoms with Crippen LogP contribution in [-0.4, -0.2) is 49.6 Å². The van der Waals surface area contributed by atoms with Crippen molar-refractivity contribution in [2.75, 3.05) is 19.7 Å². The first kappa shape index (κ1) is 15.2. The van der Waals surface area contributed by atoms with Gasteiger partial charge in [0.25, 0.3) is 0 Å². The third-order valence-electron chi connectivity index (χ3n) is 1.41. The Morgan fingerprint density at radius 3 is 2.53 bits per heavy atom. The number of carboxylic acid groups (broad SMARTS) is 1. The summed E-state index contributed by atoms with van der Waals surface area (Å²) >= 11 is 0. The lowest BCUT2D eigenvalue weighted by Gasteiger charge is -2.17. The van der Waals surface area contributed by atoms with E-state index < -0.39 is 35.4 Å². The fraction of sp³-hybridized carbons (Fsp3) is 0.500. The Bertz CT molecular complexity index is 424. The quantitative estimate of drug-likeness (QED) is 0.595. The number of carbonyl (C=O) groups excluding carboxylic acids is 1. The Kier molecular flexibility index (Phi) is 6.01. The van der Waals surface area contributed by atoms with Crippen molar-refractivity contribution in [1.82, 2.24) is 9.03 Å². The van der Waals surface area contributed by atoms with E-state index in [0.29, 0.717) is 4.31 Å². The second-order valence-electron chi connectivity index (χ2n) is 2.69. The molecule has 0 rings (SSSR count). The molecule has 96 valence electrons. The number of hydrogen-bond donors (Lipinski definition) is 2. The number of rotatable bonds is 6. The minimum absolute atomic E-state index is 0.0184. The molecule has 0 heterocycles. The normalized spacial score (nSPS) is 10.6. The molecule has 0 fully saturated rings. The van der Waals surface area contributed by atoms with Gasteiger partial charge in [-0.25, -0.2) is 9.52 Å². The van der Waals surface area contributed by atoms with Gasteiger partial charge in [0, 0.05) is 0 Å². The smallest absolute Gasteiger partial charge is 0.421 e. The minimum Gasteiger partial charge on any atom is -0.480 e. The van der Waals surface area contributed by atoms with Crippen LogP contribution in [-0.2, 0) is 19.7 Å². The maximum atomic E-state index is 11.5. The van der Waals surface area contributed by atoms with Crippen LogP contribution in [0.3, 0.4) is 0 Å². The lowest BCUT2D eigenvalue weighted by Crippen LogP contribution is -2.45. The Labute approximate surface area is 98.7 Å². The molecule has 2 N–H and O–H groups in total. The van der Waals surface area contributed by atoms with E-state index >= 15 is 0 Å². The summed E-state index contributed by atoms with van der Waals surface area (Å²) in [5, 5.41) is 8.49. The second kappa shape index (κ2) is 6.72. The highest BCUT2D eigenvalue weighted by atomic mass is 32.2. The zero-order chi connectivity index (χ0) is 13.5. The molecule has 0 aromatic carbocycles. The molecule has 0 aliphatic rings. The Hall–Kier alpha value is -1.79. The number of nitrogens with zero attached hydrogens (tertiary/aromatic N) is 1. The lowest BCUT2D eigenvalue weighted by atomic mass is 10.6. The molecule has 9 heteroatoms. The first-order valence-corrected chi connectivity index (χ1v) is 5.87. The van der Waals surface area contributed by atoms with Crippen LogP contribution in [0.1, 0.15) is 6.92 Å². The van der Waals surface area contributed by atoms with Crippen LogP contribution >= 0.6 is 0 Å². The average Bonchev–Trinajstić information content (AvgIpc) is 2.15. The van der Waals surface area contributed by atoms with Crippen LogP contribution < -0.4 is 4.72 Å². The Morgan fingerprint density at radius 2 is 2.12 bits per heavy atom. The van der Waals surface area contributed by atoms with Gasteiger partial charge in [0.2, 0.25) is 0 Å². The Balaban J connectivity index is 4.78. The molecule has 0 bridgehead atoms. The van der Waals surface area contributed by atoms with Gasteiger partial charge in [0.1, 0.15) is 6.54 Å². The van der Waals surface area contributed by atoms with Crippen molar-refractivity contribution in [3.8, 4) is 12.3 Å². The predicted octanol–water partition coefficient (Wildman–Crippen LogP) is -1.00. The van der Waals surface area contributed by atoms with Gasteiger partial charge in [-0.05, 0) is 6.92 Å². The molecule has 0 radical (unpaired) electrons. The fourth-order valence-corrected chi connectivity index (χ4v) is 1.73. The lowest BCUT2D eigenvalue weighted by molar-refractivity contribution is -0.137. The molecular weight excluding hydrogens is 252 g/mol. The standard InChI is InChI=1S/C8H12N2O6S/c1-3-5-10(6-7(11)12)17(14,15)9-8(13)16-4-2/h1H,4-6H2,2H3,(H,9,13)(H,11,12). The third-order valence-corrected chi connectivity index (χ3v) is 2.77. The van der Waals surface area contributed by atoms with Crippen LogP contribution in [0.15, 0.2) is 0 Å². The van der Waals surface area contributed by atoms with Crippen LogP contribution in [0.25, 0.3) is 0 Å². The van der Waals surface area contributed by atoms with Gasteiger partial charge in [-0.15, -0.1) is 6.42 Å². The summed E-state index contributed by atoms with van der Waals surface area (Å²) in [6, 6.07) is 0. The number of carboxylic acids is 1. The SMILES string of the molecule is C#CCN(CC(=O)O)S(=O)(=O)NC(=O)OCC. The molecule has 8 nitrogen and oxygen atoms in total. The first-order chi connectivity index (χ1) is 7.83. The van der Waals surface area contributed by atoms with Crippen LogP contribution in [0, 0.1) is 12.3 Å². The minimum atomic E-state index is -4.32. The van der Waals surface area contributed by atoms with Gasteiger partial charge < -0.3 is 9.84 Å². The molecule has 1 amide bonds. The number of hydrogen-bond acceptors (Lipinski definition) is 5. The summed E-state index contributed by atoms with van der Waals surface area (Å²) in [6.07, 6.45) is 3.70. The molecule has 0 unspecified atom stereocenters. The molecule has 0 aliphatic carbocycles. The highest BCUT2D eigenvalue weighted by molar-refractivity contribution is 7.87. The monoisotopic (exact) mass is 264 g/mol. The van der Waals surface area contributed by atoms with Crippen molar-refractivity contribution in [2.45, 2.75) is 6.92 Å². The second-order valence-corrected chi connectivity index (χ2v) is 4.36. The summed E-state index contributed by atoms with van der Waals surface area (Å²) in [4.78, 5) is 21.3. The topological polar surface area (TPSA) is 113 Å². The van der Waals surface area contributed by atoms with E-state index in [1.165, 1.54) is 11.6 Å². The zero-order valence-corrected chi connectivity index (χ0v) is 9.86. The molecule has 0 aromatic heterocycles. The summed E-state index contributed by atoms with van der Waals surface area (Å²) in [6.45, 7) is 0.151. The molecule has 0 spiro atoms. The zero-order valence-electron chi connectivity index (χ0n) is 9.04. The number of aliphatic carboxylic acids is 1. The van der Waals surface area contributed by atoms with E-state index in [1.54, 1.807) is 0 Å². The van der Waals surface area contributed by atoms with Gasteiger partial charge >= 0.3 is 22.3 Å². The first-order valence-electron chi connectivity index (χ1n) is 4.43. The van der Waals surface area contributed by atoms with Crippen LogP contribution in [0.5, 0.6) is 0 Å².